The Morgan fingerprint density at radius 3 is 2.42 bits per heavy atom. The smallest absolute Gasteiger partial charge is 0.189 e. The summed E-state index contributed by atoms with van der Waals surface area (Å²) in [6.07, 6.45) is 12.1. The average Bonchev–Trinajstić information content (AvgIpc) is 3.12. The van der Waals surface area contributed by atoms with Crippen LogP contribution in [0.2, 0.25) is 5.02 Å². The van der Waals surface area contributed by atoms with E-state index in [4.69, 9.17) is 11.6 Å². The second-order valence-corrected chi connectivity index (χ2v) is 10.1. The van der Waals surface area contributed by atoms with Gasteiger partial charge in [0.05, 0.1) is 0 Å². The van der Waals surface area contributed by atoms with Crippen LogP contribution in [-0.2, 0) is 13.0 Å². The standard InChI is InChI=1S/C28H32ClNO/c29-26-9-6-21(7-10-26)19-30-14-12-20(13-15-30)16-25-18-24-17-23(8-11-27(24)28(25)31)22-4-2-1-3-5-22/h6-11,16-17,20,22H,1-5,12-15,18-19H2. The first-order valence-electron chi connectivity index (χ1n) is 12.0. The number of rotatable bonds is 4. The summed E-state index contributed by atoms with van der Waals surface area (Å²) in [4.78, 5) is 15.5. The van der Waals surface area contributed by atoms with E-state index in [1.807, 2.05) is 12.1 Å². The number of fused-ring (bicyclic) bond motifs is 1. The molecule has 2 fully saturated rings. The Labute approximate surface area is 191 Å². The Morgan fingerprint density at radius 2 is 1.68 bits per heavy atom. The van der Waals surface area contributed by atoms with Crippen LogP contribution in [0.3, 0.4) is 0 Å². The molecule has 31 heavy (non-hydrogen) atoms. The number of ketones is 1. The predicted molar refractivity (Wildman–Crippen MR) is 128 cm³/mol. The van der Waals surface area contributed by atoms with Crippen LogP contribution in [0.25, 0.3) is 0 Å². The van der Waals surface area contributed by atoms with E-state index in [-0.39, 0.29) is 5.78 Å². The SMILES string of the molecule is O=C1C(=CC2CCN(Cc3ccc(Cl)cc3)CC2)Cc2cc(C3CCCCC3)ccc21. The molecule has 3 aliphatic rings. The van der Waals surface area contributed by atoms with E-state index >= 15 is 0 Å². The zero-order valence-electron chi connectivity index (χ0n) is 18.3. The Bertz CT molecular complexity index is 963. The van der Waals surface area contributed by atoms with Crippen molar-refractivity contribution in [2.75, 3.05) is 13.1 Å². The molecular formula is C28H32ClNO. The molecule has 1 heterocycles. The maximum Gasteiger partial charge on any atom is 0.189 e. The van der Waals surface area contributed by atoms with Crippen LogP contribution < -0.4 is 0 Å². The van der Waals surface area contributed by atoms with Crippen LogP contribution in [-0.4, -0.2) is 23.8 Å². The maximum atomic E-state index is 13.0. The fourth-order valence-corrected chi connectivity index (χ4v) is 5.80. The van der Waals surface area contributed by atoms with Gasteiger partial charge < -0.3 is 0 Å². The molecule has 5 rings (SSSR count). The van der Waals surface area contributed by atoms with Gasteiger partial charge in [-0.25, -0.2) is 0 Å². The number of Topliss-reactive ketones (excluding diaryl/α,β-unsaturated/α-hetero) is 1. The molecule has 0 unspecified atom stereocenters. The molecule has 162 valence electrons. The monoisotopic (exact) mass is 433 g/mol. The Hall–Kier alpha value is -1.90. The Balaban J connectivity index is 1.20. The first-order valence-corrected chi connectivity index (χ1v) is 12.4. The number of hydrogen-bond donors (Lipinski definition) is 0. The number of hydrogen-bond acceptors (Lipinski definition) is 2. The average molecular weight is 434 g/mol. The van der Waals surface area contributed by atoms with E-state index in [9.17, 15) is 4.79 Å². The third kappa shape index (κ3) is 4.81. The molecule has 3 heteroatoms. The van der Waals surface area contributed by atoms with E-state index in [0.29, 0.717) is 11.8 Å². The lowest BCUT2D eigenvalue weighted by molar-refractivity contribution is 0.103. The second kappa shape index (κ2) is 9.30. The van der Waals surface area contributed by atoms with Crippen molar-refractivity contribution in [3.05, 3.63) is 81.4 Å². The largest absolute Gasteiger partial charge is 0.299 e. The third-order valence-electron chi connectivity index (χ3n) is 7.51. The molecule has 1 saturated carbocycles. The lowest BCUT2D eigenvalue weighted by atomic mass is 9.83. The third-order valence-corrected chi connectivity index (χ3v) is 7.76. The van der Waals surface area contributed by atoms with Gasteiger partial charge in [-0.05, 0) is 79.4 Å². The number of carbonyl (C=O) groups excluding carboxylic acids is 1. The normalized spacial score (nSPS) is 22.2. The van der Waals surface area contributed by atoms with E-state index in [2.05, 4.69) is 41.3 Å². The van der Waals surface area contributed by atoms with Gasteiger partial charge in [-0.2, -0.15) is 0 Å². The van der Waals surface area contributed by atoms with Gasteiger partial charge in [-0.15, -0.1) is 0 Å². The summed E-state index contributed by atoms with van der Waals surface area (Å²) in [6, 6.07) is 14.9. The topological polar surface area (TPSA) is 20.3 Å². The van der Waals surface area contributed by atoms with Gasteiger partial charge in [0, 0.05) is 29.1 Å². The molecule has 0 amide bonds. The number of piperidine rings is 1. The van der Waals surface area contributed by atoms with Gasteiger partial charge in [-0.1, -0.05) is 67.3 Å². The van der Waals surface area contributed by atoms with E-state index in [1.54, 1.807) is 0 Å². The molecule has 0 bridgehead atoms. The van der Waals surface area contributed by atoms with Crippen LogP contribution in [0.5, 0.6) is 0 Å². The van der Waals surface area contributed by atoms with Gasteiger partial charge in [0.15, 0.2) is 5.78 Å². The van der Waals surface area contributed by atoms with Crippen LogP contribution in [0.4, 0.5) is 0 Å². The molecule has 2 aromatic carbocycles. The van der Waals surface area contributed by atoms with E-state index in [0.717, 1.165) is 55.1 Å². The maximum absolute atomic E-state index is 13.0. The van der Waals surface area contributed by atoms with Crippen molar-refractivity contribution in [2.45, 2.75) is 63.8 Å². The summed E-state index contributed by atoms with van der Waals surface area (Å²) in [5.41, 5.74) is 6.02. The van der Waals surface area contributed by atoms with Gasteiger partial charge in [-0.3, -0.25) is 9.69 Å². The summed E-state index contributed by atoms with van der Waals surface area (Å²) in [6.45, 7) is 3.16. The Morgan fingerprint density at radius 1 is 0.935 bits per heavy atom. The fraction of sp³-hybridized carbons (Fsp3) is 0.464. The van der Waals surface area contributed by atoms with E-state index < -0.39 is 0 Å². The highest BCUT2D eigenvalue weighted by atomic mass is 35.5. The lowest BCUT2D eigenvalue weighted by Gasteiger charge is -2.31. The van der Waals surface area contributed by atoms with Crippen molar-refractivity contribution < 1.29 is 4.79 Å². The minimum absolute atomic E-state index is 0.272. The number of allylic oxidation sites excluding steroid dienone is 2. The molecule has 2 aromatic rings. The number of nitrogens with zero attached hydrogens (tertiary/aromatic N) is 1. The van der Waals surface area contributed by atoms with Gasteiger partial charge in [0.25, 0.3) is 0 Å². The quantitative estimate of drug-likeness (QED) is 0.485. The van der Waals surface area contributed by atoms with Crippen LogP contribution in [0, 0.1) is 5.92 Å². The number of benzene rings is 2. The first kappa shape index (κ1) is 21.0. The molecule has 0 N–H and O–H groups in total. The molecular weight excluding hydrogens is 402 g/mol. The van der Waals surface area contributed by atoms with Crippen LogP contribution in [0.15, 0.2) is 54.1 Å². The summed E-state index contributed by atoms with van der Waals surface area (Å²) in [5, 5.41) is 0.794. The highest BCUT2D eigenvalue weighted by Gasteiger charge is 2.28. The van der Waals surface area contributed by atoms with Gasteiger partial charge in [0.1, 0.15) is 0 Å². The minimum atomic E-state index is 0.272. The van der Waals surface area contributed by atoms with Crippen molar-refractivity contribution >= 4 is 17.4 Å². The summed E-state index contributed by atoms with van der Waals surface area (Å²) < 4.78 is 0. The zero-order chi connectivity index (χ0) is 21.2. The molecule has 1 aliphatic heterocycles. The zero-order valence-corrected chi connectivity index (χ0v) is 19.0. The molecule has 2 aliphatic carbocycles. The van der Waals surface area contributed by atoms with Crippen molar-refractivity contribution in [1.82, 2.24) is 4.90 Å². The number of halogens is 1. The summed E-state index contributed by atoms with van der Waals surface area (Å²) in [7, 11) is 0. The molecule has 2 nitrogen and oxygen atoms in total. The van der Waals surface area contributed by atoms with Crippen molar-refractivity contribution in [3.63, 3.8) is 0 Å². The van der Waals surface area contributed by atoms with Gasteiger partial charge in [0.2, 0.25) is 0 Å². The van der Waals surface area contributed by atoms with Gasteiger partial charge >= 0.3 is 0 Å². The second-order valence-electron chi connectivity index (χ2n) is 9.69. The minimum Gasteiger partial charge on any atom is -0.299 e. The summed E-state index contributed by atoms with van der Waals surface area (Å²) >= 11 is 6.00. The fourth-order valence-electron chi connectivity index (χ4n) is 5.67. The number of carbonyl (C=O) groups is 1. The van der Waals surface area contributed by atoms with Crippen LogP contribution >= 0.6 is 11.6 Å². The number of likely N-dealkylation sites (tertiary alicyclic amines) is 1. The van der Waals surface area contributed by atoms with Crippen molar-refractivity contribution in [2.24, 2.45) is 5.92 Å². The Kier molecular flexibility index (Phi) is 6.29. The van der Waals surface area contributed by atoms with Crippen LogP contribution in [0.1, 0.15) is 77.9 Å². The van der Waals surface area contributed by atoms with Crippen molar-refractivity contribution in [1.29, 1.82) is 0 Å². The molecule has 1 saturated heterocycles. The predicted octanol–water partition coefficient (Wildman–Crippen LogP) is 6.97. The highest BCUT2D eigenvalue weighted by Crippen LogP contribution is 2.36. The molecule has 0 atom stereocenters. The highest BCUT2D eigenvalue weighted by molar-refractivity contribution is 6.30. The molecule has 0 radical (unpaired) electrons. The first-order chi connectivity index (χ1) is 15.2. The van der Waals surface area contributed by atoms with Crippen molar-refractivity contribution in [3.8, 4) is 0 Å². The van der Waals surface area contributed by atoms with E-state index in [1.165, 1.54) is 48.8 Å². The summed E-state index contributed by atoms with van der Waals surface area (Å²) in [5.74, 6) is 1.49. The molecule has 0 aromatic heterocycles. The molecule has 0 spiro atoms. The lowest BCUT2D eigenvalue weighted by Crippen LogP contribution is -2.32.